The molecular formula is C14H19NO4S2. The molecule has 5 nitrogen and oxygen atoms in total. The fraction of sp³-hybridized carbons (Fsp3) is 0.429. The first-order valence-electron chi connectivity index (χ1n) is 6.66. The molecule has 2 rings (SSSR count). The van der Waals surface area contributed by atoms with Crippen LogP contribution in [0, 0.1) is 0 Å². The molecule has 0 saturated heterocycles. The average Bonchev–Trinajstić information content (AvgIpc) is 2.87. The summed E-state index contributed by atoms with van der Waals surface area (Å²) in [5.74, 6) is 0. The number of thiophene rings is 1. The summed E-state index contributed by atoms with van der Waals surface area (Å²) in [6, 6.07) is 7.31. The van der Waals surface area contributed by atoms with E-state index >= 15 is 0 Å². The quantitative estimate of drug-likeness (QED) is 0.844. The molecule has 1 N–H and O–H groups in total. The van der Waals surface area contributed by atoms with E-state index in [-0.39, 0.29) is 11.5 Å². The van der Waals surface area contributed by atoms with E-state index in [1.807, 2.05) is 12.1 Å². The van der Waals surface area contributed by atoms with Gasteiger partial charge in [0, 0.05) is 30.3 Å². The number of fused-ring (bicyclic) bond motifs is 1. The summed E-state index contributed by atoms with van der Waals surface area (Å²) >= 11 is 1.32. The van der Waals surface area contributed by atoms with Crippen molar-refractivity contribution in [1.29, 1.82) is 0 Å². The SMILES string of the molecule is CCN(CCOC)S(=O)(=O)c1c(CO)sc2ccccc12. The minimum absolute atomic E-state index is 0.226. The Bertz CT molecular complexity index is 709. The van der Waals surface area contributed by atoms with Crippen molar-refractivity contribution in [3.05, 3.63) is 29.1 Å². The number of benzene rings is 1. The molecule has 0 unspecified atom stereocenters. The van der Waals surface area contributed by atoms with Crippen molar-refractivity contribution >= 4 is 31.4 Å². The highest BCUT2D eigenvalue weighted by Crippen LogP contribution is 2.36. The molecule has 1 aromatic heterocycles. The van der Waals surface area contributed by atoms with E-state index < -0.39 is 10.0 Å². The number of nitrogens with zero attached hydrogens (tertiary/aromatic N) is 1. The molecule has 0 radical (unpaired) electrons. The summed E-state index contributed by atoms with van der Waals surface area (Å²) in [7, 11) is -2.10. The summed E-state index contributed by atoms with van der Waals surface area (Å²) in [6.45, 7) is 2.50. The van der Waals surface area contributed by atoms with Gasteiger partial charge in [-0.2, -0.15) is 4.31 Å². The first-order valence-corrected chi connectivity index (χ1v) is 8.92. The Balaban J connectivity index is 2.57. The number of rotatable bonds is 7. The lowest BCUT2D eigenvalue weighted by molar-refractivity contribution is 0.180. The molecule has 0 aliphatic heterocycles. The maximum atomic E-state index is 12.9. The Kier molecular flexibility index (Phi) is 5.34. The van der Waals surface area contributed by atoms with Crippen molar-refractivity contribution < 1.29 is 18.3 Å². The number of likely N-dealkylation sites (N-methyl/N-ethyl adjacent to an activating group) is 1. The topological polar surface area (TPSA) is 66.8 Å². The first-order chi connectivity index (χ1) is 10.1. The Labute approximate surface area is 128 Å². The summed E-state index contributed by atoms with van der Waals surface area (Å²) in [6.07, 6.45) is 0. The largest absolute Gasteiger partial charge is 0.391 e. The second-order valence-corrected chi connectivity index (χ2v) is 7.51. The van der Waals surface area contributed by atoms with Gasteiger partial charge in [0.15, 0.2) is 0 Å². The number of ether oxygens (including phenoxy) is 1. The van der Waals surface area contributed by atoms with E-state index in [9.17, 15) is 13.5 Å². The minimum Gasteiger partial charge on any atom is -0.391 e. The highest BCUT2D eigenvalue weighted by molar-refractivity contribution is 7.89. The van der Waals surface area contributed by atoms with E-state index in [4.69, 9.17) is 4.74 Å². The van der Waals surface area contributed by atoms with Crippen molar-refractivity contribution in [2.24, 2.45) is 0 Å². The molecule has 0 atom stereocenters. The third-order valence-electron chi connectivity index (χ3n) is 3.26. The molecule has 0 spiro atoms. The van der Waals surface area contributed by atoms with Gasteiger partial charge in [-0.25, -0.2) is 8.42 Å². The molecule has 0 bridgehead atoms. The molecule has 1 aromatic carbocycles. The third kappa shape index (κ3) is 3.12. The number of aliphatic hydroxyl groups is 1. The highest BCUT2D eigenvalue weighted by atomic mass is 32.2. The van der Waals surface area contributed by atoms with Crippen molar-refractivity contribution in [1.82, 2.24) is 4.31 Å². The lowest BCUT2D eigenvalue weighted by Gasteiger charge is -2.20. The van der Waals surface area contributed by atoms with Crippen LogP contribution in [0.2, 0.25) is 0 Å². The molecular weight excluding hydrogens is 310 g/mol. The van der Waals surface area contributed by atoms with Gasteiger partial charge < -0.3 is 9.84 Å². The van der Waals surface area contributed by atoms with E-state index in [0.29, 0.717) is 30.0 Å². The van der Waals surface area contributed by atoms with Crippen LogP contribution in [0.15, 0.2) is 29.2 Å². The second kappa shape index (κ2) is 6.85. The van der Waals surface area contributed by atoms with Gasteiger partial charge in [0.25, 0.3) is 0 Å². The Morgan fingerprint density at radius 3 is 2.67 bits per heavy atom. The summed E-state index contributed by atoms with van der Waals surface area (Å²) in [4.78, 5) is 0.704. The monoisotopic (exact) mass is 329 g/mol. The van der Waals surface area contributed by atoms with Gasteiger partial charge in [-0.1, -0.05) is 25.1 Å². The van der Waals surface area contributed by atoms with Crippen LogP contribution in [-0.2, 0) is 21.4 Å². The lowest BCUT2D eigenvalue weighted by atomic mass is 10.2. The molecule has 0 aliphatic carbocycles. The smallest absolute Gasteiger partial charge is 0.244 e. The zero-order valence-corrected chi connectivity index (χ0v) is 13.7. The van der Waals surface area contributed by atoms with Gasteiger partial charge in [-0.15, -0.1) is 11.3 Å². The van der Waals surface area contributed by atoms with Crippen LogP contribution in [0.4, 0.5) is 0 Å². The molecule has 1 heterocycles. The fourth-order valence-corrected chi connectivity index (χ4v) is 5.42. The Morgan fingerprint density at radius 2 is 2.05 bits per heavy atom. The molecule has 0 amide bonds. The molecule has 116 valence electrons. The lowest BCUT2D eigenvalue weighted by Crippen LogP contribution is -2.34. The number of methoxy groups -OCH3 is 1. The van der Waals surface area contributed by atoms with Crippen LogP contribution < -0.4 is 0 Å². The molecule has 2 aromatic rings. The molecule has 0 saturated carbocycles. The zero-order valence-electron chi connectivity index (χ0n) is 12.1. The predicted molar refractivity (Wildman–Crippen MR) is 84.1 cm³/mol. The number of sulfonamides is 1. The predicted octanol–water partition coefficient (Wildman–Crippen LogP) is 2.05. The average molecular weight is 329 g/mol. The number of hydrogen-bond acceptors (Lipinski definition) is 5. The van der Waals surface area contributed by atoms with Crippen LogP contribution >= 0.6 is 11.3 Å². The minimum atomic E-state index is -3.65. The van der Waals surface area contributed by atoms with Crippen molar-refractivity contribution in [3.8, 4) is 0 Å². The van der Waals surface area contributed by atoms with Gasteiger partial charge in [0.2, 0.25) is 10.0 Å². The zero-order chi connectivity index (χ0) is 15.5. The van der Waals surface area contributed by atoms with Crippen molar-refractivity contribution in [2.75, 3.05) is 26.8 Å². The van der Waals surface area contributed by atoms with Crippen LogP contribution in [0.5, 0.6) is 0 Å². The van der Waals surface area contributed by atoms with Gasteiger partial charge in [0.1, 0.15) is 4.90 Å². The van der Waals surface area contributed by atoms with Crippen molar-refractivity contribution in [3.63, 3.8) is 0 Å². The van der Waals surface area contributed by atoms with Crippen LogP contribution in [-0.4, -0.2) is 44.6 Å². The van der Waals surface area contributed by atoms with Gasteiger partial charge in [0.05, 0.1) is 18.1 Å². The molecule has 0 aliphatic rings. The second-order valence-electron chi connectivity index (χ2n) is 4.50. The normalized spacial score (nSPS) is 12.4. The summed E-state index contributed by atoms with van der Waals surface area (Å²) < 4.78 is 33.0. The third-order valence-corrected chi connectivity index (χ3v) is 6.64. The van der Waals surface area contributed by atoms with E-state index in [2.05, 4.69) is 0 Å². The summed E-state index contributed by atoms with van der Waals surface area (Å²) in [5.41, 5.74) is 0. The Morgan fingerprint density at radius 1 is 1.33 bits per heavy atom. The number of hydrogen-bond donors (Lipinski definition) is 1. The molecule has 0 fully saturated rings. The standard InChI is InChI=1S/C14H19NO4S2/c1-3-15(8-9-19-2)21(17,18)14-11-6-4-5-7-12(11)20-13(14)10-16/h4-7,16H,3,8-10H2,1-2H3. The van der Waals surface area contributed by atoms with E-state index in [1.165, 1.54) is 15.6 Å². The maximum Gasteiger partial charge on any atom is 0.244 e. The maximum absolute atomic E-state index is 12.9. The van der Waals surface area contributed by atoms with Gasteiger partial charge in [-0.05, 0) is 6.07 Å². The van der Waals surface area contributed by atoms with Crippen LogP contribution in [0.1, 0.15) is 11.8 Å². The van der Waals surface area contributed by atoms with E-state index in [1.54, 1.807) is 26.2 Å². The van der Waals surface area contributed by atoms with Gasteiger partial charge in [-0.3, -0.25) is 0 Å². The molecule has 21 heavy (non-hydrogen) atoms. The van der Waals surface area contributed by atoms with E-state index in [0.717, 1.165) is 4.70 Å². The van der Waals surface area contributed by atoms with Gasteiger partial charge >= 0.3 is 0 Å². The highest BCUT2D eigenvalue weighted by Gasteiger charge is 2.29. The van der Waals surface area contributed by atoms with Crippen LogP contribution in [0.3, 0.4) is 0 Å². The first kappa shape index (κ1) is 16.4. The van der Waals surface area contributed by atoms with Crippen molar-refractivity contribution in [2.45, 2.75) is 18.4 Å². The number of aliphatic hydroxyl groups excluding tert-OH is 1. The van der Waals surface area contributed by atoms with Crippen LogP contribution in [0.25, 0.3) is 10.1 Å². The Hall–Kier alpha value is -0.990. The summed E-state index contributed by atoms with van der Waals surface area (Å²) in [5, 5.41) is 10.2. The fourth-order valence-electron chi connectivity index (χ4n) is 2.23. The molecule has 7 heteroatoms.